The molecule has 0 aliphatic carbocycles. The standard InChI is InChI=1S/C69H124O6/c1-4-7-10-13-16-19-22-24-26-27-28-29-30-31-32-33-34-35-36-37-38-39-40-41-42-43-44-46-47-50-53-56-59-62-68(71)74-65-66(64-73-67(70)61-58-55-52-49-21-18-15-12-9-6-3)75-69(72)63-60-57-54-51-48-45-25-23-20-17-14-11-8-5-2/h14,17,22-25,27-28,30-31,66H,4-13,15-16,18-21,26,29,32-65H2,1-3H3/b17-14-,24-22-,25-23-,28-27-,31-30-. The topological polar surface area (TPSA) is 78.9 Å². The van der Waals surface area contributed by atoms with E-state index in [1.807, 2.05) is 0 Å². The first-order valence-corrected chi connectivity index (χ1v) is 32.8. The highest BCUT2D eigenvalue weighted by atomic mass is 16.6. The summed E-state index contributed by atoms with van der Waals surface area (Å²) in [6, 6.07) is 0. The van der Waals surface area contributed by atoms with Crippen LogP contribution < -0.4 is 0 Å². The van der Waals surface area contributed by atoms with E-state index in [0.717, 1.165) is 96.3 Å². The van der Waals surface area contributed by atoms with Gasteiger partial charge in [0.2, 0.25) is 0 Å². The lowest BCUT2D eigenvalue weighted by Crippen LogP contribution is -2.30. The largest absolute Gasteiger partial charge is 0.462 e. The molecule has 436 valence electrons. The Morgan fingerprint density at radius 2 is 0.493 bits per heavy atom. The zero-order valence-electron chi connectivity index (χ0n) is 50.1. The summed E-state index contributed by atoms with van der Waals surface area (Å²) in [4.78, 5) is 38.1. The maximum Gasteiger partial charge on any atom is 0.306 e. The van der Waals surface area contributed by atoms with Gasteiger partial charge in [0.15, 0.2) is 6.10 Å². The van der Waals surface area contributed by atoms with Crippen molar-refractivity contribution < 1.29 is 28.6 Å². The number of allylic oxidation sites excluding steroid dienone is 10. The molecule has 0 N–H and O–H groups in total. The van der Waals surface area contributed by atoms with Crippen LogP contribution in [0.1, 0.15) is 342 Å². The van der Waals surface area contributed by atoms with E-state index in [2.05, 4.69) is 81.5 Å². The van der Waals surface area contributed by atoms with Gasteiger partial charge in [0.1, 0.15) is 13.2 Å². The summed E-state index contributed by atoms with van der Waals surface area (Å²) < 4.78 is 16.9. The van der Waals surface area contributed by atoms with Crippen molar-refractivity contribution in [3.05, 3.63) is 60.8 Å². The zero-order chi connectivity index (χ0) is 54.3. The number of esters is 3. The van der Waals surface area contributed by atoms with Crippen molar-refractivity contribution in [2.75, 3.05) is 13.2 Å². The van der Waals surface area contributed by atoms with Gasteiger partial charge >= 0.3 is 17.9 Å². The molecule has 6 nitrogen and oxygen atoms in total. The molecule has 0 aromatic carbocycles. The SMILES string of the molecule is CCCC/C=C\C/C=C\CCCCCCCC(=O)OC(COC(=O)CCCCCCCCCCCC)COC(=O)CCCCCCCCCCCCCCCCCCCC/C=C\C/C=C\C/C=C\CCCCCCC. The average Bonchev–Trinajstić information content (AvgIpc) is 3.41. The molecular weight excluding hydrogens is 925 g/mol. The summed E-state index contributed by atoms with van der Waals surface area (Å²) in [5.74, 6) is -0.875. The van der Waals surface area contributed by atoms with Crippen LogP contribution in [0.3, 0.4) is 0 Å². The number of rotatable bonds is 60. The summed E-state index contributed by atoms with van der Waals surface area (Å²) >= 11 is 0. The lowest BCUT2D eigenvalue weighted by molar-refractivity contribution is -0.167. The van der Waals surface area contributed by atoms with E-state index in [4.69, 9.17) is 14.2 Å². The Kier molecular flexibility index (Phi) is 61.2. The molecule has 0 radical (unpaired) electrons. The smallest absolute Gasteiger partial charge is 0.306 e. The van der Waals surface area contributed by atoms with Gasteiger partial charge in [-0.2, -0.15) is 0 Å². The van der Waals surface area contributed by atoms with Gasteiger partial charge in [-0.3, -0.25) is 14.4 Å². The minimum atomic E-state index is -0.777. The van der Waals surface area contributed by atoms with E-state index in [-0.39, 0.29) is 31.1 Å². The van der Waals surface area contributed by atoms with Crippen LogP contribution in [0.2, 0.25) is 0 Å². The minimum absolute atomic E-state index is 0.0756. The summed E-state index contributed by atoms with van der Waals surface area (Å²) in [7, 11) is 0. The number of ether oxygens (including phenoxy) is 3. The third-order valence-electron chi connectivity index (χ3n) is 14.5. The van der Waals surface area contributed by atoms with Crippen molar-refractivity contribution >= 4 is 17.9 Å². The van der Waals surface area contributed by atoms with Gasteiger partial charge in [-0.1, -0.05) is 300 Å². The van der Waals surface area contributed by atoms with E-state index in [1.165, 1.54) is 205 Å². The van der Waals surface area contributed by atoms with Gasteiger partial charge in [0.25, 0.3) is 0 Å². The Bertz CT molecular complexity index is 1340. The van der Waals surface area contributed by atoms with E-state index in [1.54, 1.807) is 0 Å². The van der Waals surface area contributed by atoms with Crippen LogP contribution >= 0.6 is 0 Å². The fraction of sp³-hybridized carbons (Fsp3) is 0.812. The number of carbonyl (C=O) groups excluding carboxylic acids is 3. The summed E-state index contributed by atoms with van der Waals surface area (Å²) in [5.41, 5.74) is 0. The quantitative estimate of drug-likeness (QED) is 0.0261. The Labute approximate surface area is 466 Å². The molecule has 1 unspecified atom stereocenters. The third kappa shape index (κ3) is 61.8. The van der Waals surface area contributed by atoms with E-state index < -0.39 is 6.10 Å². The second kappa shape index (κ2) is 63.6. The lowest BCUT2D eigenvalue weighted by Gasteiger charge is -2.18. The number of carbonyl (C=O) groups is 3. The van der Waals surface area contributed by atoms with Gasteiger partial charge in [0, 0.05) is 19.3 Å². The van der Waals surface area contributed by atoms with Gasteiger partial charge in [0.05, 0.1) is 0 Å². The highest BCUT2D eigenvalue weighted by Crippen LogP contribution is 2.17. The van der Waals surface area contributed by atoms with Crippen LogP contribution in [0, 0.1) is 0 Å². The molecule has 1 atom stereocenters. The molecule has 0 saturated heterocycles. The molecule has 0 amide bonds. The number of unbranched alkanes of at least 4 members (excludes halogenated alkanes) is 39. The monoisotopic (exact) mass is 1050 g/mol. The molecule has 0 fully saturated rings. The predicted molar refractivity (Wildman–Crippen MR) is 325 cm³/mol. The molecule has 0 aliphatic heterocycles. The van der Waals surface area contributed by atoms with Crippen molar-refractivity contribution in [2.45, 2.75) is 348 Å². The molecule has 0 saturated carbocycles. The first-order valence-electron chi connectivity index (χ1n) is 32.8. The van der Waals surface area contributed by atoms with Gasteiger partial charge < -0.3 is 14.2 Å². The summed E-state index contributed by atoms with van der Waals surface area (Å²) in [5, 5.41) is 0. The first kappa shape index (κ1) is 72.1. The highest BCUT2D eigenvalue weighted by Gasteiger charge is 2.19. The molecule has 6 heteroatoms. The van der Waals surface area contributed by atoms with Crippen molar-refractivity contribution in [1.29, 1.82) is 0 Å². The Morgan fingerprint density at radius 3 is 0.787 bits per heavy atom. The maximum atomic E-state index is 12.8. The van der Waals surface area contributed by atoms with Crippen molar-refractivity contribution in [3.63, 3.8) is 0 Å². The van der Waals surface area contributed by atoms with Crippen molar-refractivity contribution in [2.24, 2.45) is 0 Å². The first-order chi connectivity index (χ1) is 37.0. The van der Waals surface area contributed by atoms with Crippen LogP contribution in [0.4, 0.5) is 0 Å². The third-order valence-corrected chi connectivity index (χ3v) is 14.5. The summed E-state index contributed by atoms with van der Waals surface area (Å²) in [6.45, 7) is 6.60. The van der Waals surface area contributed by atoms with Crippen LogP contribution in [0.25, 0.3) is 0 Å². The minimum Gasteiger partial charge on any atom is -0.462 e. The van der Waals surface area contributed by atoms with E-state index in [9.17, 15) is 14.4 Å². The van der Waals surface area contributed by atoms with Gasteiger partial charge in [-0.15, -0.1) is 0 Å². The highest BCUT2D eigenvalue weighted by molar-refractivity contribution is 5.71. The average molecular weight is 1050 g/mol. The van der Waals surface area contributed by atoms with E-state index >= 15 is 0 Å². The fourth-order valence-electron chi connectivity index (χ4n) is 9.53. The molecule has 0 aromatic heterocycles. The van der Waals surface area contributed by atoms with Crippen LogP contribution in [-0.4, -0.2) is 37.2 Å². The molecule has 0 spiro atoms. The van der Waals surface area contributed by atoms with Crippen molar-refractivity contribution in [3.8, 4) is 0 Å². The molecule has 0 bridgehead atoms. The number of hydrogen-bond donors (Lipinski definition) is 0. The van der Waals surface area contributed by atoms with Crippen LogP contribution in [-0.2, 0) is 28.6 Å². The normalized spacial score (nSPS) is 12.4. The molecule has 75 heavy (non-hydrogen) atoms. The molecule has 0 aromatic rings. The fourth-order valence-corrected chi connectivity index (χ4v) is 9.53. The second-order valence-electron chi connectivity index (χ2n) is 22.0. The van der Waals surface area contributed by atoms with Crippen LogP contribution in [0.15, 0.2) is 60.8 Å². The van der Waals surface area contributed by atoms with Crippen molar-refractivity contribution in [1.82, 2.24) is 0 Å². The Hall–Kier alpha value is -2.89. The zero-order valence-corrected chi connectivity index (χ0v) is 50.1. The molecule has 0 aliphatic rings. The Morgan fingerprint density at radius 1 is 0.267 bits per heavy atom. The molecule has 0 heterocycles. The maximum absolute atomic E-state index is 12.8. The predicted octanol–water partition coefficient (Wildman–Crippen LogP) is 22.3. The Balaban J connectivity index is 4.06. The second-order valence-corrected chi connectivity index (χ2v) is 22.0. The van der Waals surface area contributed by atoms with E-state index in [0.29, 0.717) is 19.3 Å². The van der Waals surface area contributed by atoms with Gasteiger partial charge in [-0.25, -0.2) is 0 Å². The van der Waals surface area contributed by atoms with Gasteiger partial charge in [-0.05, 0) is 83.5 Å². The van der Waals surface area contributed by atoms with Crippen LogP contribution in [0.5, 0.6) is 0 Å². The molecule has 0 rings (SSSR count). The lowest BCUT2D eigenvalue weighted by atomic mass is 10.0. The number of hydrogen-bond acceptors (Lipinski definition) is 6. The molecular formula is C69H124O6. The summed E-state index contributed by atoms with van der Waals surface area (Å²) in [6.07, 6.45) is 81.1.